The summed E-state index contributed by atoms with van der Waals surface area (Å²) in [6.07, 6.45) is 1.12. The van der Waals surface area contributed by atoms with Crippen LogP contribution in [0, 0.1) is 13.8 Å². The number of benzene rings is 1. The van der Waals surface area contributed by atoms with Gasteiger partial charge in [0.1, 0.15) is 0 Å². The maximum Gasteiger partial charge on any atom is 0.0688 e. The summed E-state index contributed by atoms with van der Waals surface area (Å²) in [6, 6.07) is 8.64. The van der Waals surface area contributed by atoms with Crippen molar-refractivity contribution in [2.24, 2.45) is 0 Å². The van der Waals surface area contributed by atoms with E-state index in [1.165, 1.54) is 16.0 Å². The van der Waals surface area contributed by atoms with E-state index in [-0.39, 0.29) is 6.04 Å². The lowest BCUT2D eigenvalue weighted by molar-refractivity contribution is 0.604. The van der Waals surface area contributed by atoms with Crippen molar-refractivity contribution in [2.75, 3.05) is 6.54 Å². The van der Waals surface area contributed by atoms with Gasteiger partial charge in [0.2, 0.25) is 0 Å². The van der Waals surface area contributed by atoms with Gasteiger partial charge in [0, 0.05) is 9.90 Å². The number of thiophene rings is 1. The van der Waals surface area contributed by atoms with Gasteiger partial charge in [-0.2, -0.15) is 0 Å². The van der Waals surface area contributed by atoms with Crippen LogP contribution in [-0.4, -0.2) is 6.54 Å². The molecule has 0 amide bonds. The minimum Gasteiger partial charge on any atom is -0.306 e. The van der Waals surface area contributed by atoms with E-state index in [2.05, 4.69) is 55.7 Å². The number of rotatable bonds is 5. The third kappa shape index (κ3) is 3.19. The Hall–Kier alpha value is -0.830. The van der Waals surface area contributed by atoms with Crippen LogP contribution in [0.4, 0.5) is 0 Å². The number of nitrogens with one attached hydrogen (secondary N) is 1. The Kier molecular flexibility index (Phi) is 5.03. The average molecular weight is 294 g/mol. The molecule has 1 N–H and O–H groups in total. The summed E-state index contributed by atoms with van der Waals surface area (Å²) < 4.78 is 0. The molecule has 1 aromatic carbocycles. The van der Waals surface area contributed by atoms with Crippen molar-refractivity contribution >= 4 is 22.9 Å². The largest absolute Gasteiger partial charge is 0.306 e. The first-order valence-electron chi connectivity index (χ1n) is 6.67. The fraction of sp³-hybridized carbons (Fsp3) is 0.375. The maximum absolute atomic E-state index is 6.50. The highest BCUT2D eigenvalue weighted by molar-refractivity contribution is 7.10. The molecule has 2 rings (SSSR count). The standard InChI is InChI=1S/C16H20ClNS/c1-4-9-18-15(16-12(3)8-10-19-16)13-7-5-6-11(2)14(13)17/h5-8,10,15,18H,4,9H2,1-3H3. The van der Waals surface area contributed by atoms with Gasteiger partial charge >= 0.3 is 0 Å². The molecule has 1 aromatic heterocycles. The Balaban J connectivity index is 2.43. The first kappa shape index (κ1) is 14.6. The average Bonchev–Trinajstić information content (AvgIpc) is 2.81. The van der Waals surface area contributed by atoms with Crippen molar-refractivity contribution in [3.63, 3.8) is 0 Å². The predicted octanol–water partition coefficient (Wildman–Crippen LogP) is 5.11. The molecule has 1 nitrogen and oxygen atoms in total. The van der Waals surface area contributed by atoms with E-state index < -0.39 is 0 Å². The van der Waals surface area contributed by atoms with Crippen LogP contribution in [0.25, 0.3) is 0 Å². The molecule has 0 saturated heterocycles. The Morgan fingerprint density at radius 1 is 1.21 bits per heavy atom. The zero-order chi connectivity index (χ0) is 13.8. The highest BCUT2D eigenvalue weighted by atomic mass is 35.5. The quantitative estimate of drug-likeness (QED) is 0.808. The molecule has 102 valence electrons. The van der Waals surface area contributed by atoms with Crippen LogP contribution >= 0.6 is 22.9 Å². The molecule has 0 aliphatic heterocycles. The van der Waals surface area contributed by atoms with Crippen molar-refractivity contribution in [1.29, 1.82) is 0 Å². The normalized spacial score (nSPS) is 12.6. The molecule has 0 radical (unpaired) electrons. The van der Waals surface area contributed by atoms with E-state index in [0.717, 1.165) is 23.6 Å². The van der Waals surface area contributed by atoms with Gasteiger partial charge in [0.15, 0.2) is 0 Å². The van der Waals surface area contributed by atoms with Gasteiger partial charge in [-0.1, -0.05) is 36.7 Å². The molecule has 1 atom stereocenters. The van der Waals surface area contributed by atoms with Gasteiger partial charge in [-0.3, -0.25) is 0 Å². The van der Waals surface area contributed by atoms with Crippen LogP contribution in [0.5, 0.6) is 0 Å². The van der Waals surface area contributed by atoms with Crippen LogP contribution < -0.4 is 5.32 Å². The first-order valence-corrected chi connectivity index (χ1v) is 7.93. The SMILES string of the molecule is CCCNC(c1cccc(C)c1Cl)c1sccc1C. The highest BCUT2D eigenvalue weighted by Crippen LogP contribution is 2.34. The number of aryl methyl sites for hydroxylation is 2. The predicted molar refractivity (Wildman–Crippen MR) is 85.4 cm³/mol. The van der Waals surface area contributed by atoms with Crippen LogP contribution in [0.2, 0.25) is 5.02 Å². The molecule has 0 spiro atoms. The lowest BCUT2D eigenvalue weighted by Gasteiger charge is -2.21. The lowest BCUT2D eigenvalue weighted by Crippen LogP contribution is -2.23. The number of hydrogen-bond acceptors (Lipinski definition) is 2. The van der Waals surface area contributed by atoms with Crippen molar-refractivity contribution in [3.8, 4) is 0 Å². The molecular formula is C16H20ClNS. The zero-order valence-corrected chi connectivity index (χ0v) is 13.2. The summed E-state index contributed by atoms with van der Waals surface area (Å²) in [5.74, 6) is 0. The molecule has 0 aliphatic rings. The van der Waals surface area contributed by atoms with E-state index in [4.69, 9.17) is 11.6 Å². The summed E-state index contributed by atoms with van der Waals surface area (Å²) >= 11 is 8.30. The Morgan fingerprint density at radius 2 is 2.00 bits per heavy atom. The molecule has 19 heavy (non-hydrogen) atoms. The van der Waals surface area contributed by atoms with E-state index in [1.54, 1.807) is 11.3 Å². The Labute approximate surface area is 124 Å². The molecular weight excluding hydrogens is 274 g/mol. The number of hydrogen-bond donors (Lipinski definition) is 1. The third-order valence-corrected chi connectivity index (χ3v) is 4.90. The lowest BCUT2D eigenvalue weighted by atomic mass is 10.0. The van der Waals surface area contributed by atoms with E-state index in [1.807, 2.05) is 0 Å². The first-order chi connectivity index (χ1) is 9.15. The highest BCUT2D eigenvalue weighted by Gasteiger charge is 2.19. The second-order valence-corrected chi connectivity index (χ2v) is 6.16. The molecule has 3 heteroatoms. The summed E-state index contributed by atoms with van der Waals surface area (Å²) in [7, 11) is 0. The topological polar surface area (TPSA) is 12.0 Å². The maximum atomic E-state index is 6.50. The molecule has 2 aromatic rings. The number of halogens is 1. The molecule has 0 aliphatic carbocycles. The van der Waals surface area contributed by atoms with Gasteiger partial charge in [-0.05, 0) is 54.9 Å². The molecule has 0 fully saturated rings. The fourth-order valence-corrected chi connectivity index (χ4v) is 3.46. The van der Waals surface area contributed by atoms with Crippen LogP contribution in [0.1, 0.15) is 41.0 Å². The zero-order valence-electron chi connectivity index (χ0n) is 11.7. The van der Waals surface area contributed by atoms with Crippen molar-refractivity contribution < 1.29 is 0 Å². The minimum absolute atomic E-state index is 0.201. The van der Waals surface area contributed by atoms with Gasteiger partial charge in [-0.15, -0.1) is 11.3 Å². The summed E-state index contributed by atoms with van der Waals surface area (Å²) in [6.45, 7) is 7.40. The van der Waals surface area contributed by atoms with E-state index >= 15 is 0 Å². The molecule has 0 bridgehead atoms. The van der Waals surface area contributed by atoms with Crippen LogP contribution in [-0.2, 0) is 0 Å². The third-order valence-electron chi connectivity index (χ3n) is 3.30. The Morgan fingerprint density at radius 3 is 2.63 bits per heavy atom. The summed E-state index contributed by atoms with van der Waals surface area (Å²) in [4.78, 5) is 1.36. The summed E-state index contributed by atoms with van der Waals surface area (Å²) in [5.41, 5.74) is 3.65. The second kappa shape index (κ2) is 6.56. The Bertz CT molecular complexity index is 547. The molecule has 1 unspecified atom stereocenters. The van der Waals surface area contributed by atoms with E-state index in [9.17, 15) is 0 Å². The van der Waals surface area contributed by atoms with Gasteiger partial charge in [-0.25, -0.2) is 0 Å². The van der Waals surface area contributed by atoms with Gasteiger partial charge < -0.3 is 5.32 Å². The second-order valence-electron chi connectivity index (χ2n) is 4.83. The van der Waals surface area contributed by atoms with Crippen LogP contribution in [0.15, 0.2) is 29.6 Å². The van der Waals surface area contributed by atoms with Gasteiger partial charge in [0.25, 0.3) is 0 Å². The van der Waals surface area contributed by atoms with Crippen LogP contribution in [0.3, 0.4) is 0 Å². The molecule has 0 saturated carbocycles. The van der Waals surface area contributed by atoms with Crippen molar-refractivity contribution in [1.82, 2.24) is 5.32 Å². The van der Waals surface area contributed by atoms with Crippen molar-refractivity contribution in [2.45, 2.75) is 33.2 Å². The van der Waals surface area contributed by atoms with E-state index in [0.29, 0.717) is 0 Å². The molecule has 1 heterocycles. The smallest absolute Gasteiger partial charge is 0.0688 e. The van der Waals surface area contributed by atoms with Gasteiger partial charge in [0.05, 0.1) is 6.04 Å². The fourth-order valence-electron chi connectivity index (χ4n) is 2.21. The minimum atomic E-state index is 0.201. The monoisotopic (exact) mass is 293 g/mol. The van der Waals surface area contributed by atoms with Crippen molar-refractivity contribution in [3.05, 3.63) is 56.2 Å². The summed E-state index contributed by atoms with van der Waals surface area (Å²) in [5, 5.41) is 6.65.